The van der Waals surface area contributed by atoms with E-state index in [-0.39, 0.29) is 12.1 Å². The van der Waals surface area contributed by atoms with E-state index in [1.807, 2.05) is 0 Å². The molecular formula is C12H21N3O2. The lowest BCUT2D eigenvalue weighted by Crippen LogP contribution is -2.28. The molecule has 0 radical (unpaired) electrons. The zero-order chi connectivity index (χ0) is 12.4. The van der Waals surface area contributed by atoms with E-state index < -0.39 is 0 Å². The molecule has 0 saturated heterocycles. The van der Waals surface area contributed by atoms with Gasteiger partial charge in [-0.25, -0.2) is 0 Å². The van der Waals surface area contributed by atoms with Crippen molar-refractivity contribution in [3.63, 3.8) is 0 Å². The van der Waals surface area contributed by atoms with E-state index in [1.165, 1.54) is 12.8 Å². The minimum atomic E-state index is -0.0113. The second kappa shape index (κ2) is 5.14. The number of ether oxygens (including phenoxy) is 1. The van der Waals surface area contributed by atoms with Gasteiger partial charge in [-0.05, 0) is 24.7 Å². The number of hydrogen-bond donors (Lipinski definition) is 1. The van der Waals surface area contributed by atoms with Crippen LogP contribution in [0.5, 0.6) is 0 Å². The molecule has 5 heteroatoms. The first-order valence-corrected chi connectivity index (χ1v) is 6.22. The molecule has 0 aliphatic heterocycles. The molecule has 2 unspecified atom stereocenters. The number of nitrogens with zero attached hydrogens (tertiary/aromatic N) is 2. The third-order valence-electron chi connectivity index (χ3n) is 3.31. The van der Waals surface area contributed by atoms with Crippen molar-refractivity contribution in [2.45, 2.75) is 45.3 Å². The number of hydrogen-bond acceptors (Lipinski definition) is 5. The van der Waals surface area contributed by atoms with Crippen molar-refractivity contribution in [2.24, 2.45) is 17.6 Å². The van der Waals surface area contributed by atoms with E-state index in [0.717, 1.165) is 0 Å². The zero-order valence-corrected chi connectivity index (χ0v) is 10.7. The fraction of sp³-hybridized carbons (Fsp3) is 0.833. The summed E-state index contributed by atoms with van der Waals surface area (Å²) in [6, 6.07) is 0.0604. The van der Waals surface area contributed by atoms with Gasteiger partial charge in [-0.2, -0.15) is 4.98 Å². The minimum Gasteiger partial charge on any atom is -0.373 e. The largest absolute Gasteiger partial charge is 0.373 e. The van der Waals surface area contributed by atoms with Crippen molar-refractivity contribution < 1.29 is 9.26 Å². The van der Waals surface area contributed by atoms with E-state index >= 15 is 0 Å². The van der Waals surface area contributed by atoms with Gasteiger partial charge in [0.1, 0.15) is 6.10 Å². The van der Waals surface area contributed by atoms with Gasteiger partial charge in [0.25, 0.3) is 0 Å². The Bertz CT molecular complexity index is 360. The summed E-state index contributed by atoms with van der Waals surface area (Å²) >= 11 is 0. The number of aromatic nitrogens is 2. The molecular weight excluding hydrogens is 218 g/mol. The molecule has 2 atom stereocenters. The van der Waals surface area contributed by atoms with Crippen LogP contribution in [0.1, 0.15) is 44.5 Å². The highest BCUT2D eigenvalue weighted by atomic mass is 16.5. The monoisotopic (exact) mass is 239 g/mol. The normalized spacial score (nSPS) is 19.6. The molecule has 2 N–H and O–H groups in total. The van der Waals surface area contributed by atoms with E-state index in [0.29, 0.717) is 30.0 Å². The van der Waals surface area contributed by atoms with Crippen molar-refractivity contribution in [2.75, 3.05) is 7.11 Å². The Labute approximate surface area is 102 Å². The third-order valence-corrected chi connectivity index (χ3v) is 3.31. The fourth-order valence-electron chi connectivity index (χ4n) is 1.81. The maximum absolute atomic E-state index is 5.98. The van der Waals surface area contributed by atoms with Crippen LogP contribution in [0.25, 0.3) is 0 Å². The van der Waals surface area contributed by atoms with Gasteiger partial charge in [0.05, 0.1) is 0 Å². The van der Waals surface area contributed by atoms with E-state index in [1.54, 1.807) is 7.11 Å². The number of rotatable bonds is 6. The van der Waals surface area contributed by atoms with Crippen molar-refractivity contribution >= 4 is 0 Å². The van der Waals surface area contributed by atoms with E-state index in [4.69, 9.17) is 15.0 Å². The number of methoxy groups -OCH3 is 1. The Morgan fingerprint density at radius 2 is 2.18 bits per heavy atom. The maximum atomic E-state index is 5.98. The molecule has 1 heterocycles. The highest BCUT2D eigenvalue weighted by Crippen LogP contribution is 2.41. The predicted octanol–water partition coefficient (Wildman–Crippen LogP) is 1.69. The van der Waals surface area contributed by atoms with Gasteiger partial charge in [-0.3, -0.25) is 0 Å². The van der Waals surface area contributed by atoms with Gasteiger partial charge in [0.15, 0.2) is 0 Å². The molecule has 1 aromatic heterocycles. The van der Waals surface area contributed by atoms with Crippen molar-refractivity contribution in [3.8, 4) is 0 Å². The van der Waals surface area contributed by atoms with Gasteiger partial charge in [-0.15, -0.1) is 0 Å². The average Bonchev–Trinajstić information content (AvgIpc) is 3.01. The van der Waals surface area contributed by atoms with Crippen molar-refractivity contribution in [1.82, 2.24) is 10.1 Å². The molecule has 1 aliphatic rings. The summed E-state index contributed by atoms with van der Waals surface area (Å²) < 4.78 is 10.6. The second-order valence-corrected chi connectivity index (χ2v) is 5.15. The number of nitrogens with two attached hydrogens (primary N) is 1. The molecule has 0 amide bonds. The predicted molar refractivity (Wildman–Crippen MR) is 63.3 cm³/mol. The van der Waals surface area contributed by atoms with Crippen LogP contribution in [0, 0.1) is 11.8 Å². The molecule has 0 spiro atoms. The highest BCUT2D eigenvalue weighted by Gasteiger charge is 2.35. The van der Waals surface area contributed by atoms with Gasteiger partial charge in [0.2, 0.25) is 11.7 Å². The first-order valence-electron chi connectivity index (χ1n) is 6.22. The molecule has 0 bridgehead atoms. The summed E-state index contributed by atoms with van der Waals surface area (Å²) in [5, 5.41) is 3.99. The SMILES string of the molecule is COC(c1noc(CC(N)C(C)C)n1)C1CC1. The summed E-state index contributed by atoms with van der Waals surface area (Å²) in [6.45, 7) is 4.17. The smallest absolute Gasteiger partial charge is 0.228 e. The Morgan fingerprint density at radius 3 is 2.71 bits per heavy atom. The molecule has 0 aromatic carbocycles. The van der Waals surface area contributed by atoms with Crippen LogP contribution in [-0.2, 0) is 11.2 Å². The van der Waals surface area contributed by atoms with Crippen LogP contribution in [0.3, 0.4) is 0 Å². The lowest BCUT2D eigenvalue weighted by molar-refractivity contribution is 0.0751. The minimum absolute atomic E-state index is 0.0113. The maximum Gasteiger partial charge on any atom is 0.228 e. The molecule has 17 heavy (non-hydrogen) atoms. The Kier molecular flexibility index (Phi) is 3.79. The molecule has 5 nitrogen and oxygen atoms in total. The summed E-state index contributed by atoms with van der Waals surface area (Å²) in [7, 11) is 1.69. The summed E-state index contributed by atoms with van der Waals surface area (Å²) in [5.41, 5.74) is 5.98. The van der Waals surface area contributed by atoms with E-state index in [9.17, 15) is 0 Å². The van der Waals surface area contributed by atoms with Gasteiger partial charge in [-0.1, -0.05) is 19.0 Å². The first-order chi connectivity index (χ1) is 8.11. The Hall–Kier alpha value is -0.940. The fourth-order valence-corrected chi connectivity index (χ4v) is 1.81. The molecule has 1 saturated carbocycles. The van der Waals surface area contributed by atoms with Gasteiger partial charge in [0, 0.05) is 19.6 Å². The lowest BCUT2D eigenvalue weighted by atomic mass is 10.0. The van der Waals surface area contributed by atoms with Crippen LogP contribution in [0.4, 0.5) is 0 Å². The van der Waals surface area contributed by atoms with Crippen molar-refractivity contribution in [1.29, 1.82) is 0 Å². The average molecular weight is 239 g/mol. The lowest BCUT2D eigenvalue weighted by Gasteiger charge is -2.12. The molecule has 2 rings (SSSR count). The Balaban J connectivity index is 1.99. The molecule has 1 fully saturated rings. The summed E-state index contributed by atoms with van der Waals surface area (Å²) in [5.74, 6) is 2.25. The summed E-state index contributed by atoms with van der Waals surface area (Å²) in [6.07, 6.45) is 3.00. The van der Waals surface area contributed by atoms with Crippen LogP contribution < -0.4 is 5.73 Å². The quantitative estimate of drug-likeness (QED) is 0.817. The zero-order valence-electron chi connectivity index (χ0n) is 10.7. The second-order valence-electron chi connectivity index (χ2n) is 5.15. The van der Waals surface area contributed by atoms with E-state index in [2.05, 4.69) is 24.0 Å². The van der Waals surface area contributed by atoms with Crippen LogP contribution >= 0.6 is 0 Å². The molecule has 1 aromatic rings. The van der Waals surface area contributed by atoms with Crippen LogP contribution in [0.15, 0.2) is 4.52 Å². The van der Waals surface area contributed by atoms with Gasteiger partial charge >= 0.3 is 0 Å². The molecule has 96 valence electrons. The highest BCUT2D eigenvalue weighted by molar-refractivity contribution is 4.99. The van der Waals surface area contributed by atoms with Crippen LogP contribution in [-0.4, -0.2) is 23.3 Å². The topological polar surface area (TPSA) is 74.2 Å². The third kappa shape index (κ3) is 3.04. The van der Waals surface area contributed by atoms with Gasteiger partial charge < -0.3 is 15.0 Å². The standard InChI is InChI=1S/C12H21N3O2/c1-7(2)9(13)6-10-14-12(15-17-10)11(16-3)8-4-5-8/h7-9,11H,4-6,13H2,1-3H3. The van der Waals surface area contributed by atoms with Crippen molar-refractivity contribution in [3.05, 3.63) is 11.7 Å². The Morgan fingerprint density at radius 1 is 1.47 bits per heavy atom. The van der Waals surface area contributed by atoms with Crippen LogP contribution in [0.2, 0.25) is 0 Å². The summed E-state index contributed by atoms with van der Waals surface area (Å²) in [4.78, 5) is 4.38. The first kappa shape index (κ1) is 12.5. The molecule has 1 aliphatic carbocycles.